The van der Waals surface area contributed by atoms with Crippen molar-refractivity contribution >= 4 is 11.9 Å². The Labute approximate surface area is 135 Å². The lowest BCUT2D eigenvalue weighted by Crippen LogP contribution is -2.48. The molecule has 1 aliphatic heterocycles. The summed E-state index contributed by atoms with van der Waals surface area (Å²) in [5.74, 6) is -0.942. The van der Waals surface area contributed by atoms with Crippen LogP contribution in [0.3, 0.4) is 0 Å². The van der Waals surface area contributed by atoms with E-state index in [0.717, 1.165) is 5.69 Å². The second kappa shape index (κ2) is 5.91. The van der Waals surface area contributed by atoms with E-state index in [4.69, 9.17) is 0 Å². The lowest BCUT2D eigenvalue weighted by atomic mass is 9.82. The van der Waals surface area contributed by atoms with Crippen molar-refractivity contribution in [3.8, 4) is 5.69 Å². The van der Waals surface area contributed by atoms with E-state index < -0.39 is 11.4 Å². The van der Waals surface area contributed by atoms with Crippen LogP contribution in [0.1, 0.15) is 30.1 Å². The molecule has 2 aromatic rings. The summed E-state index contributed by atoms with van der Waals surface area (Å²) in [4.78, 5) is 25.9. The normalized spacial score (nSPS) is 21.2. The molecule has 0 aliphatic carbocycles. The number of benzene rings is 1. The Morgan fingerprint density at radius 3 is 2.61 bits per heavy atom. The molecule has 1 amide bonds. The fourth-order valence-electron chi connectivity index (χ4n) is 3.08. The SMILES string of the molecule is CC1(C(=O)O)CCCN(C(=O)c2cccc(-n3cccc3)c2)C1. The smallest absolute Gasteiger partial charge is 0.311 e. The Balaban J connectivity index is 1.83. The molecule has 1 aromatic carbocycles. The summed E-state index contributed by atoms with van der Waals surface area (Å²) >= 11 is 0. The van der Waals surface area contributed by atoms with Gasteiger partial charge in [0.05, 0.1) is 5.41 Å². The molecule has 3 rings (SSSR count). The van der Waals surface area contributed by atoms with Gasteiger partial charge < -0.3 is 14.6 Å². The van der Waals surface area contributed by atoms with Crippen LogP contribution in [0.15, 0.2) is 48.8 Å². The van der Waals surface area contributed by atoms with Gasteiger partial charge in [0.2, 0.25) is 0 Å². The predicted molar refractivity (Wildman–Crippen MR) is 86.6 cm³/mol. The van der Waals surface area contributed by atoms with E-state index in [1.807, 2.05) is 47.3 Å². The van der Waals surface area contributed by atoms with Gasteiger partial charge >= 0.3 is 5.97 Å². The number of carboxylic acid groups (broad SMARTS) is 1. The topological polar surface area (TPSA) is 62.5 Å². The summed E-state index contributed by atoms with van der Waals surface area (Å²) in [6, 6.07) is 11.3. The van der Waals surface area contributed by atoms with Crippen molar-refractivity contribution in [1.82, 2.24) is 9.47 Å². The summed E-state index contributed by atoms with van der Waals surface area (Å²) in [7, 11) is 0. The van der Waals surface area contributed by atoms with Crippen molar-refractivity contribution < 1.29 is 14.7 Å². The molecule has 1 atom stereocenters. The number of likely N-dealkylation sites (tertiary alicyclic amines) is 1. The van der Waals surface area contributed by atoms with E-state index >= 15 is 0 Å². The first-order chi connectivity index (χ1) is 11.0. The Bertz CT molecular complexity index is 724. The molecule has 1 aromatic heterocycles. The first kappa shape index (κ1) is 15.3. The number of piperidine rings is 1. The fourth-order valence-corrected chi connectivity index (χ4v) is 3.08. The molecule has 5 nitrogen and oxygen atoms in total. The van der Waals surface area contributed by atoms with E-state index in [9.17, 15) is 14.7 Å². The van der Waals surface area contributed by atoms with Gasteiger partial charge in [0, 0.05) is 36.7 Å². The molecular formula is C18H20N2O3. The monoisotopic (exact) mass is 312 g/mol. The Morgan fingerprint density at radius 1 is 1.17 bits per heavy atom. The molecule has 0 bridgehead atoms. The number of hydrogen-bond acceptors (Lipinski definition) is 2. The minimum atomic E-state index is -0.855. The summed E-state index contributed by atoms with van der Waals surface area (Å²) in [5.41, 5.74) is 0.649. The summed E-state index contributed by atoms with van der Waals surface area (Å²) in [6.07, 6.45) is 5.17. The fraction of sp³-hybridized carbons (Fsp3) is 0.333. The van der Waals surface area contributed by atoms with Crippen LogP contribution in [0.4, 0.5) is 0 Å². The number of aromatic nitrogens is 1. The highest BCUT2D eigenvalue weighted by molar-refractivity contribution is 5.95. The van der Waals surface area contributed by atoms with Crippen LogP contribution in [0, 0.1) is 5.41 Å². The number of carboxylic acids is 1. The molecule has 0 radical (unpaired) electrons. The zero-order valence-corrected chi connectivity index (χ0v) is 13.1. The highest BCUT2D eigenvalue weighted by Gasteiger charge is 2.39. The standard InChI is InChI=1S/C18H20N2O3/c1-18(17(22)23)8-5-11-20(13-18)16(21)14-6-4-7-15(12-14)19-9-2-3-10-19/h2-4,6-7,9-10,12H,5,8,11,13H2,1H3,(H,22,23). The van der Waals surface area contributed by atoms with E-state index in [2.05, 4.69) is 0 Å². The second-order valence-corrected chi connectivity index (χ2v) is 6.34. The maximum Gasteiger partial charge on any atom is 0.311 e. The van der Waals surface area contributed by atoms with Crippen molar-refractivity contribution in [1.29, 1.82) is 0 Å². The van der Waals surface area contributed by atoms with Gasteiger partial charge in [0.1, 0.15) is 0 Å². The van der Waals surface area contributed by atoms with Gasteiger partial charge in [-0.15, -0.1) is 0 Å². The number of carbonyl (C=O) groups is 2. The van der Waals surface area contributed by atoms with Crippen LogP contribution in [0.25, 0.3) is 5.69 Å². The summed E-state index contributed by atoms with van der Waals surface area (Å²) < 4.78 is 1.94. The maximum absolute atomic E-state index is 12.8. The molecule has 2 heterocycles. The Kier molecular flexibility index (Phi) is 3.94. The van der Waals surface area contributed by atoms with Crippen molar-refractivity contribution in [2.75, 3.05) is 13.1 Å². The molecule has 0 spiro atoms. The number of amides is 1. The number of hydrogen-bond donors (Lipinski definition) is 1. The van der Waals surface area contributed by atoms with Crippen LogP contribution >= 0.6 is 0 Å². The Hall–Kier alpha value is -2.56. The van der Waals surface area contributed by atoms with Gasteiger partial charge in [0.25, 0.3) is 5.91 Å². The minimum absolute atomic E-state index is 0.105. The van der Waals surface area contributed by atoms with Crippen LogP contribution < -0.4 is 0 Å². The summed E-state index contributed by atoms with van der Waals surface area (Å²) in [6.45, 7) is 2.58. The molecule has 120 valence electrons. The number of carbonyl (C=O) groups excluding carboxylic acids is 1. The first-order valence-electron chi connectivity index (χ1n) is 7.76. The molecule has 5 heteroatoms. The van der Waals surface area contributed by atoms with E-state index in [1.54, 1.807) is 17.9 Å². The Morgan fingerprint density at radius 2 is 1.91 bits per heavy atom. The van der Waals surface area contributed by atoms with Crippen molar-refractivity contribution in [2.24, 2.45) is 5.41 Å². The van der Waals surface area contributed by atoms with Gasteiger partial charge in [0.15, 0.2) is 0 Å². The number of rotatable bonds is 3. The van der Waals surface area contributed by atoms with E-state index in [1.165, 1.54) is 0 Å². The van der Waals surface area contributed by atoms with Crippen molar-refractivity contribution in [2.45, 2.75) is 19.8 Å². The first-order valence-corrected chi connectivity index (χ1v) is 7.76. The van der Waals surface area contributed by atoms with Crippen LogP contribution in [0.5, 0.6) is 0 Å². The minimum Gasteiger partial charge on any atom is -0.481 e. The molecule has 1 fully saturated rings. The van der Waals surface area contributed by atoms with E-state index in [-0.39, 0.29) is 12.5 Å². The third kappa shape index (κ3) is 2.99. The van der Waals surface area contributed by atoms with Crippen LogP contribution in [-0.4, -0.2) is 39.5 Å². The molecule has 1 aliphatic rings. The molecular weight excluding hydrogens is 292 g/mol. The molecule has 0 saturated carbocycles. The zero-order chi connectivity index (χ0) is 16.4. The van der Waals surface area contributed by atoms with Crippen molar-refractivity contribution in [3.63, 3.8) is 0 Å². The molecule has 1 unspecified atom stereocenters. The average molecular weight is 312 g/mol. The maximum atomic E-state index is 12.8. The second-order valence-electron chi connectivity index (χ2n) is 6.34. The van der Waals surface area contributed by atoms with Gasteiger partial charge in [-0.05, 0) is 50.1 Å². The number of aliphatic carboxylic acids is 1. The van der Waals surface area contributed by atoms with Crippen molar-refractivity contribution in [3.05, 3.63) is 54.4 Å². The van der Waals surface area contributed by atoms with Gasteiger partial charge in [-0.2, -0.15) is 0 Å². The lowest BCUT2D eigenvalue weighted by molar-refractivity contribution is -0.150. The van der Waals surface area contributed by atoms with Gasteiger partial charge in [-0.3, -0.25) is 9.59 Å². The van der Waals surface area contributed by atoms with Crippen LogP contribution in [-0.2, 0) is 4.79 Å². The highest BCUT2D eigenvalue weighted by Crippen LogP contribution is 2.30. The lowest BCUT2D eigenvalue weighted by Gasteiger charge is -2.37. The predicted octanol–water partition coefficient (Wildman–Crippen LogP) is 2.80. The van der Waals surface area contributed by atoms with Gasteiger partial charge in [-0.25, -0.2) is 0 Å². The molecule has 23 heavy (non-hydrogen) atoms. The van der Waals surface area contributed by atoms with E-state index in [0.29, 0.717) is 24.9 Å². The summed E-state index contributed by atoms with van der Waals surface area (Å²) in [5, 5.41) is 9.40. The highest BCUT2D eigenvalue weighted by atomic mass is 16.4. The quantitative estimate of drug-likeness (QED) is 0.948. The largest absolute Gasteiger partial charge is 0.481 e. The average Bonchev–Trinajstić information content (AvgIpc) is 3.09. The number of nitrogens with zero attached hydrogens (tertiary/aromatic N) is 2. The molecule has 1 saturated heterocycles. The van der Waals surface area contributed by atoms with Gasteiger partial charge in [-0.1, -0.05) is 6.07 Å². The third-order valence-corrected chi connectivity index (χ3v) is 4.50. The third-order valence-electron chi connectivity index (χ3n) is 4.50. The zero-order valence-electron chi connectivity index (χ0n) is 13.1. The van der Waals surface area contributed by atoms with Crippen LogP contribution in [0.2, 0.25) is 0 Å². The molecule has 1 N–H and O–H groups in total.